The first-order valence-electron chi connectivity index (χ1n) is 7.60. The molecule has 1 saturated heterocycles. The molecule has 0 bridgehead atoms. The average molecular weight is 296 g/mol. The van der Waals surface area contributed by atoms with Crippen LogP contribution in [0, 0.1) is 5.92 Å². The molecule has 3 rings (SSSR count). The Hall–Kier alpha value is -2.33. The molecular formula is C18H20N2O2. The van der Waals surface area contributed by atoms with Crippen LogP contribution in [0.3, 0.4) is 0 Å². The SMILES string of the molecule is O=C(NCCOc1ccccc1-c1ccccc1)C1CNC1. The van der Waals surface area contributed by atoms with E-state index < -0.39 is 0 Å². The second kappa shape index (κ2) is 7.09. The van der Waals surface area contributed by atoms with Gasteiger partial charge in [-0.15, -0.1) is 0 Å². The molecule has 1 heterocycles. The van der Waals surface area contributed by atoms with Gasteiger partial charge in [-0.25, -0.2) is 0 Å². The van der Waals surface area contributed by atoms with Gasteiger partial charge in [0.25, 0.3) is 0 Å². The lowest BCUT2D eigenvalue weighted by molar-refractivity contribution is -0.126. The Balaban J connectivity index is 1.55. The minimum atomic E-state index is 0.110. The normalized spacial score (nSPS) is 14.2. The van der Waals surface area contributed by atoms with Gasteiger partial charge in [0, 0.05) is 18.7 Å². The maximum atomic E-state index is 11.7. The molecule has 0 unspecified atom stereocenters. The Kier molecular flexibility index (Phi) is 4.71. The molecule has 2 N–H and O–H groups in total. The van der Waals surface area contributed by atoms with Crippen LogP contribution < -0.4 is 15.4 Å². The van der Waals surface area contributed by atoms with Gasteiger partial charge in [-0.1, -0.05) is 48.5 Å². The van der Waals surface area contributed by atoms with Crippen molar-refractivity contribution in [2.24, 2.45) is 5.92 Å². The Labute approximate surface area is 130 Å². The second-order valence-corrected chi connectivity index (χ2v) is 5.36. The summed E-state index contributed by atoms with van der Waals surface area (Å²) in [4.78, 5) is 11.7. The quantitative estimate of drug-likeness (QED) is 0.802. The van der Waals surface area contributed by atoms with Crippen LogP contribution >= 0.6 is 0 Å². The predicted octanol–water partition coefficient (Wildman–Crippen LogP) is 2.07. The molecule has 1 aliphatic heterocycles. The van der Waals surface area contributed by atoms with E-state index in [0.717, 1.165) is 30.0 Å². The van der Waals surface area contributed by atoms with E-state index in [4.69, 9.17) is 4.74 Å². The summed E-state index contributed by atoms with van der Waals surface area (Å²) in [6.07, 6.45) is 0. The Morgan fingerprint density at radius 1 is 1.09 bits per heavy atom. The number of hydrogen-bond donors (Lipinski definition) is 2. The van der Waals surface area contributed by atoms with E-state index in [1.807, 2.05) is 42.5 Å². The molecule has 2 aromatic carbocycles. The number of carbonyl (C=O) groups is 1. The van der Waals surface area contributed by atoms with Gasteiger partial charge in [-0.2, -0.15) is 0 Å². The van der Waals surface area contributed by atoms with Gasteiger partial charge >= 0.3 is 0 Å². The van der Waals surface area contributed by atoms with Crippen LogP contribution in [0.4, 0.5) is 0 Å². The van der Waals surface area contributed by atoms with Gasteiger partial charge in [0.1, 0.15) is 12.4 Å². The van der Waals surface area contributed by atoms with Crippen LogP contribution in [-0.2, 0) is 4.79 Å². The predicted molar refractivity (Wildman–Crippen MR) is 86.7 cm³/mol. The summed E-state index contributed by atoms with van der Waals surface area (Å²) in [5.74, 6) is 1.07. The third-order valence-electron chi connectivity index (χ3n) is 3.78. The van der Waals surface area contributed by atoms with Gasteiger partial charge in [-0.3, -0.25) is 4.79 Å². The first-order chi connectivity index (χ1) is 10.8. The fourth-order valence-corrected chi connectivity index (χ4v) is 2.40. The number of hydrogen-bond acceptors (Lipinski definition) is 3. The van der Waals surface area contributed by atoms with Crippen molar-refractivity contribution >= 4 is 5.91 Å². The first-order valence-corrected chi connectivity index (χ1v) is 7.60. The standard InChI is InChI=1S/C18H20N2O2/c21-18(15-12-19-13-15)20-10-11-22-17-9-5-4-8-16(17)14-6-2-1-3-7-14/h1-9,15,19H,10-13H2,(H,20,21). The number of para-hydroxylation sites is 1. The monoisotopic (exact) mass is 296 g/mol. The molecule has 2 aromatic rings. The van der Waals surface area contributed by atoms with E-state index in [1.54, 1.807) is 0 Å². The molecule has 1 amide bonds. The number of amides is 1. The highest BCUT2D eigenvalue weighted by Gasteiger charge is 2.24. The molecule has 4 nitrogen and oxygen atoms in total. The van der Waals surface area contributed by atoms with Crippen molar-refractivity contribution in [1.29, 1.82) is 0 Å². The molecule has 1 aliphatic rings. The van der Waals surface area contributed by atoms with E-state index >= 15 is 0 Å². The van der Waals surface area contributed by atoms with Crippen molar-refractivity contribution in [2.75, 3.05) is 26.2 Å². The third-order valence-corrected chi connectivity index (χ3v) is 3.78. The van der Waals surface area contributed by atoms with Crippen molar-refractivity contribution in [3.8, 4) is 16.9 Å². The summed E-state index contributed by atoms with van der Waals surface area (Å²) in [6, 6.07) is 18.1. The first kappa shape index (κ1) is 14.6. The summed E-state index contributed by atoms with van der Waals surface area (Å²) < 4.78 is 5.84. The minimum absolute atomic E-state index is 0.110. The van der Waals surface area contributed by atoms with Crippen molar-refractivity contribution in [3.05, 3.63) is 54.6 Å². The molecule has 114 valence electrons. The molecule has 0 spiro atoms. The third kappa shape index (κ3) is 3.46. The molecule has 0 radical (unpaired) electrons. The summed E-state index contributed by atoms with van der Waals surface area (Å²) in [5, 5.41) is 6.00. The largest absolute Gasteiger partial charge is 0.491 e. The summed E-state index contributed by atoms with van der Waals surface area (Å²) in [7, 11) is 0. The molecular weight excluding hydrogens is 276 g/mol. The van der Waals surface area contributed by atoms with Crippen molar-refractivity contribution in [3.63, 3.8) is 0 Å². The van der Waals surface area contributed by atoms with E-state index in [-0.39, 0.29) is 11.8 Å². The van der Waals surface area contributed by atoms with E-state index in [0.29, 0.717) is 13.2 Å². The summed E-state index contributed by atoms with van der Waals surface area (Å²) in [5.41, 5.74) is 2.19. The van der Waals surface area contributed by atoms with Gasteiger partial charge in [0.2, 0.25) is 5.91 Å². The van der Waals surface area contributed by atoms with Crippen molar-refractivity contribution in [2.45, 2.75) is 0 Å². The fraction of sp³-hybridized carbons (Fsp3) is 0.278. The number of carbonyl (C=O) groups excluding carboxylic acids is 1. The van der Waals surface area contributed by atoms with Crippen LogP contribution in [0.5, 0.6) is 5.75 Å². The van der Waals surface area contributed by atoms with Gasteiger partial charge in [0.15, 0.2) is 0 Å². The summed E-state index contributed by atoms with van der Waals surface area (Å²) >= 11 is 0. The maximum Gasteiger partial charge on any atom is 0.225 e. The number of rotatable bonds is 6. The molecule has 4 heteroatoms. The van der Waals surface area contributed by atoms with Crippen LogP contribution in [0.15, 0.2) is 54.6 Å². The van der Waals surface area contributed by atoms with Gasteiger partial charge in [0.05, 0.1) is 12.5 Å². The lowest BCUT2D eigenvalue weighted by Crippen LogP contribution is -2.51. The zero-order valence-electron chi connectivity index (χ0n) is 12.4. The van der Waals surface area contributed by atoms with Crippen LogP contribution in [0.1, 0.15) is 0 Å². The number of ether oxygens (including phenoxy) is 1. The highest BCUT2D eigenvalue weighted by Crippen LogP contribution is 2.29. The van der Waals surface area contributed by atoms with Crippen LogP contribution in [0.25, 0.3) is 11.1 Å². The minimum Gasteiger partial charge on any atom is -0.491 e. The Morgan fingerprint density at radius 2 is 1.82 bits per heavy atom. The lowest BCUT2D eigenvalue weighted by atomic mass is 10.0. The lowest BCUT2D eigenvalue weighted by Gasteiger charge is -2.25. The Morgan fingerprint density at radius 3 is 2.55 bits per heavy atom. The number of benzene rings is 2. The average Bonchev–Trinajstić information content (AvgIpc) is 2.51. The maximum absolute atomic E-state index is 11.7. The molecule has 1 fully saturated rings. The topological polar surface area (TPSA) is 50.4 Å². The van der Waals surface area contributed by atoms with Crippen LogP contribution in [0.2, 0.25) is 0 Å². The molecule has 22 heavy (non-hydrogen) atoms. The van der Waals surface area contributed by atoms with Crippen molar-refractivity contribution in [1.82, 2.24) is 10.6 Å². The molecule has 0 saturated carbocycles. The van der Waals surface area contributed by atoms with Gasteiger partial charge in [-0.05, 0) is 11.6 Å². The Bertz CT molecular complexity index is 624. The van der Waals surface area contributed by atoms with Crippen molar-refractivity contribution < 1.29 is 9.53 Å². The van der Waals surface area contributed by atoms with E-state index in [2.05, 4.69) is 22.8 Å². The zero-order valence-corrected chi connectivity index (χ0v) is 12.4. The molecule has 0 atom stereocenters. The smallest absolute Gasteiger partial charge is 0.225 e. The number of nitrogens with one attached hydrogen (secondary N) is 2. The molecule has 0 aliphatic carbocycles. The van der Waals surface area contributed by atoms with Gasteiger partial charge < -0.3 is 15.4 Å². The second-order valence-electron chi connectivity index (χ2n) is 5.36. The van der Waals surface area contributed by atoms with E-state index in [9.17, 15) is 4.79 Å². The summed E-state index contributed by atoms with van der Waals surface area (Å²) in [6.45, 7) is 2.56. The van der Waals surface area contributed by atoms with E-state index in [1.165, 1.54) is 0 Å². The highest BCUT2D eigenvalue weighted by atomic mass is 16.5. The van der Waals surface area contributed by atoms with Crippen LogP contribution in [-0.4, -0.2) is 32.1 Å². The fourth-order valence-electron chi connectivity index (χ4n) is 2.40. The molecule has 0 aromatic heterocycles. The zero-order chi connectivity index (χ0) is 15.2. The highest BCUT2D eigenvalue weighted by molar-refractivity contribution is 5.80.